The minimum atomic E-state index is -0.279. The molecule has 1 atom stereocenters. The van der Waals surface area contributed by atoms with Crippen molar-refractivity contribution in [2.45, 2.75) is 32.9 Å². The summed E-state index contributed by atoms with van der Waals surface area (Å²) >= 11 is 0. The maximum atomic E-state index is 13.5. The van der Waals surface area contributed by atoms with Crippen LogP contribution < -0.4 is 5.32 Å². The summed E-state index contributed by atoms with van der Waals surface area (Å²) in [6.07, 6.45) is 1.48. The molecular weight excluding hydrogens is 407 g/mol. The van der Waals surface area contributed by atoms with Crippen molar-refractivity contribution in [1.29, 1.82) is 0 Å². The first-order valence-corrected chi connectivity index (χ1v) is 11.1. The van der Waals surface area contributed by atoms with E-state index in [-0.39, 0.29) is 11.7 Å². The summed E-state index contributed by atoms with van der Waals surface area (Å²) in [6.45, 7) is 5.24. The van der Waals surface area contributed by atoms with Gasteiger partial charge in [-0.3, -0.25) is 4.79 Å². The van der Waals surface area contributed by atoms with E-state index in [4.69, 9.17) is 9.72 Å². The third kappa shape index (κ3) is 4.25. The van der Waals surface area contributed by atoms with Crippen molar-refractivity contribution in [2.75, 3.05) is 25.1 Å². The van der Waals surface area contributed by atoms with Gasteiger partial charge in [0.1, 0.15) is 23.2 Å². The SMILES string of the molecule is Cc1ccc(Nc2c(-c3ccc(F)cc3)nc3n2CCN(C(=O)CC2CCOC2)C3)cc1. The first-order chi connectivity index (χ1) is 15.6. The molecule has 2 aromatic carbocycles. The summed E-state index contributed by atoms with van der Waals surface area (Å²) in [7, 11) is 0. The highest BCUT2D eigenvalue weighted by Gasteiger charge is 2.29. The molecule has 3 heterocycles. The predicted molar refractivity (Wildman–Crippen MR) is 121 cm³/mol. The van der Waals surface area contributed by atoms with Gasteiger partial charge in [0.05, 0.1) is 6.54 Å². The Morgan fingerprint density at radius 3 is 2.66 bits per heavy atom. The fourth-order valence-corrected chi connectivity index (χ4v) is 4.37. The summed E-state index contributed by atoms with van der Waals surface area (Å²) in [4.78, 5) is 19.6. The molecule has 2 aliphatic rings. The number of ether oxygens (including phenoxy) is 1. The number of carbonyl (C=O) groups excluding carboxylic acids is 1. The molecule has 1 aromatic heterocycles. The molecule has 1 fully saturated rings. The second-order valence-corrected chi connectivity index (χ2v) is 8.62. The molecular formula is C25H27FN4O2. The van der Waals surface area contributed by atoms with Gasteiger partial charge in [0.2, 0.25) is 5.91 Å². The molecule has 5 rings (SSSR count). The second-order valence-electron chi connectivity index (χ2n) is 8.62. The zero-order valence-electron chi connectivity index (χ0n) is 18.2. The third-order valence-corrected chi connectivity index (χ3v) is 6.24. The fourth-order valence-electron chi connectivity index (χ4n) is 4.37. The average Bonchev–Trinajstić information content (AvgIpc) is 3.43. The highest BCUT2D eigenvalue weighted by atomic mass is 19.1. The number of aryl methyl sites for hydroxylation is 1. The van der Waals surface area contributed by atoms with Gasteiger partial charge in [-0.25, -0.2) is 9.37 Å². The van der Waals surface area contributed by atoms with Crippen LogP contribution in [0.15, 0.2) is 48.5 Å². The average molecular weight is 435 g/mol. The normalized spacial score (nSPS) is 17.9. The zero-order valence-corrected chi connectivity index (χ0v) is 18.2. The molecule has 0 spiro atoms. The molecule has 0 saturated carbocycles. The standard InChI is InChI=1S/C25H27FN4O2/c1-17-2-8-21(9-3-17)27-25-24(19-4-6-20(26)7-5-19)28-22-15-29(11-12-30(22)25)23(31)14-18-10-13-32-16-18/h2-9,18,27H,10-16H2,1H3. The van der Waals surface area contributed by atoms with Gasteiger partial charge in [0.25, 0.3) is 0 Å². The molecule has 0 aliphatic carbocycles. The summed E-state index contributed by atoms with van der Waals surface area (Å²) < 4.78 is 21.1. The first kappa shape index (κ1) is 20.7. The largest absolute Gasteiger partial charge is 0.381 e. The van der Waals surface area contributed by atoms with Crippen LogP contribution in [0.25, 0.3) is 11.3 Å². The number of hydrogen-bond donors (Lipinski definition) is 1. The van der Waals surface area contributed by atoms with Crippen LogP contribution >= 0.6 is 0 Å². The lowest BCUT2D eigenvalue weighted by Crippen LogP contribution is -2.39. The van der Waals surface area contributed by atoms with Gasteiger partial charge in [0.15, 0.2) is 0 Å². The van der Waals surface area contributed by atoms with Crippen molar-refractivity contribution in [3.05, 3.63) is 65.7 Å². The van der Waals surface area contributed by atoms with Gasteiger partial charge in [0, 0.05) is 44.0 Å². The maximum Gasteiger partial charge on any atom is 0.223 e. The van der Waals surface area contributed by atoms with E-state index in [1.54, 1.807) is 12.1 Å². The fraction of sp³-hybridized carbons (Fsp3) is 0.360. The Balaban J connectivity index is 1.44. The minimum Gasteiger partial charge on any atom is -0.381 e. The van der Waals surface area contributed by atoms with E-state index in [0.717, 1.165) is 41.6 Å². The molecule has 1 N–H and O–H groups in total. The summed E-state index contributed by atoms with van der Waals surface area (Å²) in [5, 5.41) is 3.51. The zero-order chi connectivity index (χ0) is 22.1. The van der Waals surface area contributed by atoms with E-state index >= 15 is 0 Å². The molecule has 7 heteroatoms. The molecule has 1 amide bonds. The van der Waals surface area contributed by atoms with Gasteiger partial charge in [-0.2, -0.15) is 0 Å². The van der Waals surface area contributed by atoms with Crippen molar-refractivity contribution >= 4 is 17.4 Å². The molecule has 0 radical (unpaired) electrons. The van der Waals surface area contributed by atoms with Crippen LogP contribution in [0.4, 0.5) is 15.9 Å². The minimum absolute atomic E-state index is 0.158. The van der Waals surface area contributed by atoms with Crippen molar-refractivity contribution in [3.63, 3.8) is 0 Å². The molecule has 32 heavy (non-hydrogen) atoms. The van der Waals surface area contributed by atoms with E-state index in [9.17, 15) is 9.18 Å². The predicted octanol–water partition coefficient (Wildman–Crippen LogP) is 4.51. The van der Waals surface area contributed by atoms with Gasteiger partial charge < -0.3 is 19.5 Å². The summed E-state index contributed by atoms with van der Waals surface area (Å²) in [6, 6.07) is 14.6. The quantitative estimate of drug-likeness (QED) is 0.642. The molecule has 1 saturated heterocycles. The molecule has 1 unspecified atom stereocenters. The number of benzene rings is 2. The lowest BCUT2D eigenvalue weighted by molar-refractivity contribution is -0.133. The van der Waals surface area contributed by atoms with Gasteiger partial charge in [-0.05, 0) is 55.7 Å². The van der Waals surface area contributed by atoms with Crippen LogP contribution in [0.1, 0.15) is 24.2 Å². The number of carbonyl (C=O) groups is 1. The van der Waals surface area contributed by atoms with Crippen molar-refractivity contribution in [3.8, 4) is 11.3 Å². The van der Waals surface area contributed by atoms with Gasteiger partial charge in [-0.15, -0.1) is 0 Å². The van der Waals surface area contributed by atoms with Crippen LogP contribution in [0.2, 0.25) is 0 Å². The monoisotopic (exact) mass is 434 g/mol. The van der Waals surface area contributed by atoms with Crippen LogP contribution in [-0.2, 0) is 22.6 Å². The van der Waals surface area contributed by atoms with Crippen LogP contribution in [0.5, 0.6) is 0 Å². The van der Waals surface area contributed by atoms with E-state index in [1.807, 2.05) is 17.0 Å². The molecule has 0 bridgehead atoms. The van der Waals surface area contributed by atoms with E-state index in [1.165, 1.54) is 17.7 Å². The maximum absolute atomic E-state index is 13.5. The van der Waals surface area contributed by atoms with E-state index < -0.39 is 0 Å². The third-order valence-electron chi connectivity index (χ3n) is 6.24. The summed E-state index contributed by atoms with van der Waals surface area (Å²) in [5.74, 6) is 1.90. The number of fused-ring (bicyclic) bond motifs is 1. The molecule has 2 aliphatic heterocycles. The number of aromatic nitrogens is 2. The Hall–Kier alpha value is -3.19. The van der Waals surface area contributed by atoms with Crippen molar-refractivity contribution < 1.29 is 13.9 Å². The Kier molecular flexibility index (Phi) is 5.66. The number of imidazole rings is 1. The topological polar surface area (TPSA) is 59.4 Å². The van der Waals surface area contributed by atoms with E-state index in [2.05, 4.69) is 28.9 Å². The Morgan fingerprint density at radius 1 is 1.16 bits per heavy atom. The number of amides is 1. The Bertz CT molecular complexity index is 1100. The van der Waals surface area contributed by atoms with Crippen molar-refractivity contribution in [2.24, 2.45) is 5.92 Å². The smallest absolute Gasteiger partial charge is 0.223 e. The highest BCUT2D eigenvalue weighted by molar-refractivity contribution is 5.78. The van der Waals surface area contributed by atoms with Crippen LogP contribution in [-0.4, -0.2) is 40.1 Å². The number of rotatable bonds is 5. The van der Waals surface area contributed by atoms with Gasteiger partial charge >= 0.3 is 0 Å². The van der Waals surface area contributed by atoms with Crippen LogP contribution in [0, 0.1) is 18.7 Å². The number of nitrogens with one attached hydrogen (secondary N) is 1. The number of halogens is 1. The molecule has 3 aromatic rings. The Labute approximate surface area is 187 Å². The second kappa shape index (κ2) is 8.74. The lowest BCUT2D eigenvalue weighted by Gasteiger charge is -2.29. The number of anilines is 2. The molecule has 6 nitrogen and oxygen atoms in total. The number of nitrogens with zero attached hydrogens (tertiary/aromatic N) is 3. The highest BCUT2D eigenvalue weighted by Crippen LogP contribution is 2.33. The van der Waals surface area contributed by atoms with Gasteiger partial charge in [-0.1, -0.05) is 17.7 Å². The summed E-state index contributed by atoms with van der Waals surface area (Å²) in [5.41, 5.74) is 3.75. The lowest BCUT2D eigenvalue weighted by atomic mass is 10.0. The van der Waals surface area contributed by atoms with E-state index in [0.29, 0.717) is 38.6 Å². The Morgan fingerprint density at radius 2 is 1.94 bits per heavy atom. The molecule has 166 valence electrons. The first-order valence-electron chi connectivity index (χ1n) is 11.1. The number of hydrogen-bond acceptors (Lipinski definition) is 4. The van der Waals surface area contributed by atoms with Crippen molar-refractivity contribution in [1.82, 2.24) is 14.5 Å². The van der Waals surface area contributed by atoms with Crippen LogP contribution in [0.3, 0.4) is 0 Å².